The van der Waals surface area contributed by atoms with Crippen LogP contribution >= 0.6 is 11.8 Å². The van der Waals surface area contributed by atoms with Crippen molar-refractivity contribution in [2.75, 3.05) is 5.75 Å². The molecule has 6 nitrogen and oxygen atoms in total. The lowest BCUT2D eigenvalue weighted by molar-refractivity contribution is -0.138. The van der Waals surface area contributed by atoms with Gasteiger partial charge in [0.15, 0.2) is 11.0 Å². The van der Waals surface area contributed by atoms with Gasteiger partial charge in [0.1, 0.15) is 0 Å². The molecule has 0 spiro atoms. The van der Waals surface area contributed by atoms with E-state index in [-0.39, 0.29) is 17.8 Å². The molecule has 0 aliphatic carbocycles. The molecule has 3 aromatic rings. The van der Waals surface area contributed by atoms with Crippen molar-refractivity contribution in [2.24, 2.45) is 10.2 Å². The Kier molecular flexibility index (Phi) is 4.71. The fourth-order valence-corrected chi connectivity index (χ4v) is 3.65. The minimum absolute atomic E-state index is 0.0284. The van der Waals surface area contributed by atoms with E-state index >= 15 is 0 Å². The van der Waals surface area contributed by atoms with Crippen molar-refractivity contribution in [1.29, 1.82) is 0 Å². The number of halogens is 3. The molecular weight excluding hydrogens is 391 g/mol. The molecule has 0 saturated heterocycles. The summed E-state index contributed by atoms with van der Waals surface area (Å²) < 4.78 is 40.6. The highest BCUT2D eigenvalue weighted by molar-refractivity contribution is 8.14. The summed E-state index contributed by atoms with van der Waals surface area (Å²) in [6.45, 7) is -0.0284. The molecule has 1 aromatic heterocycles. The van der Waals surface area contributed by atoms with Gasteiger partial charge in [-0.25, -0.2) is 9.36 Å². The fourth-order valence-electron chi connectivity index (χ4n) is 2.92. The highest BCUT2D eigenvalue weighted by Crippen LogP contribution is 2.31. The minimum atomic E-state index is -4.42. The van der Waals surface area contributed by atoms with Crippen LogP contribution in [0.1, 0.15) is 11.1 Å². The van der Waals surface area contributed by atoms with Crippen LogP contribution < -0.4 is 11.0 Å². The number of aromatic amines is 1. The van der Waals surface area contributed by atoms with Gasteiger partial charge in [0.05, 0.1) is 22.3 Å². The van der Waals surface area contributed by atoms with E-state index in [4.69, 9.17) is 0 Å². The first-order valence-corrected chi connectivity index (χ1v) is 9.28. The van der Waals surface area contributed by atoms with E-state index in [1.165, 1.54) is 28.5 Å². The van der Waals surface area contributed by atoms with Gasteiger partial charge in [0.25, 0.3) is 0 Å². The lowest BCUT2D eigenvalue weighted by Gasteiger charge is -2.16. The van der Waals surface area contributed by atoms with Gasteiger partial charge in [-0.15, -0.1) is 10.2 Å². The van der Waals surface area contributed by atoms with Crippen LogP contribution in [0.4, 0.5) is 13.2 Å². The lowest BCUT2D eigenvalue weighted by Crippen LogP contribution is -2.31. The van der Waals surface area contributed by atoms with E-state index < -0.39 is 11.7 Å². The summed E-state index contributed by atoms with van der Waals surface area (Å²) in [6, 6.07) is 12.6. The van der Waals surface area contributed by atoms with Crippen molar-refractivity contribution < 1.29 is 13.2 Å². The number of aromatic nitrogens is 2. The molecule has 10 heteroatoms. The number of nitrogens with zero attached hydrogens (tertiary/aromatic N) is 3. The van der Waals surface area contributed by atoms with E-state index in [2.05, 4.69) is 20.5 Å². The minimum Gasteiger partial charge on any atom is -0.359 e. The number of hydrogen-bond donors (Lipinski definition) is 2. The first-order chi connectivity index (χ1) is 13.4. The Labute approximate surface area is 161 Å². The summed E-state index contributed by atoms with van der Waals surface area (Å²) in [6.07, 6.45) is -4.42. The topological polar surface area (TPSA) is 74.5 Å². The van der Waals surface area contributed by atoms with Gasteiger partial charge in [-0.1, -0.05) is 42.1 Å². The number of nitrogens with one attached hydrogen (secondary N) is 2. The van der Waals surface area contributed by atoms with Crippen LogP contribution in [-0.4, -0.2) is 26.3 Å². The number of H-pyrrole nitrogens is 1. The summed E-state index contributed by atoms with van der Waals surface area (Å²) in [5.74, 6) is 0.808. The van der Waals surface area contributed by atoms with Crippen LogP contribution in [0, 0.1) is 0 Å². The third-order valence-corrected chi connectivity index (χ3v) is 5.10. The zero-order valence-corrected chi connectivity index (χ0v) is 15.1. The molecule has 0 atom stereocenters. The molecule has 4 rings (SSSR count). The Morgan fingerprint density at radius 3 is 2.61 bits per heavy atom. The maximum atomic E-state index is 13.1. The molecule has 0 saturated carbocycles. The largest absolute Gasteiger partial charge is 0.416 e. The zero-order chi connectivity index (χ0) is 19.7. The summed E-state index contributed by atoms with van der Waals surface area (Å²) in [5.41, 5.74) is 0.514. The SMILES string of the molecule is O=c1[nH]c2ccccc2n1C1=NN=C(NCc2ccccc2C(F)(F)F)SC1. The predicted molar refractivity (Wildman–Crippen MR) is 104 cm³/mol. The maximum Gasteiger partial charge on any atom is 0.416 e. The molecule has 0 unspecified atom stereocenters. The third kappa shape index (κ3) is 3.55. The summed E-state index contributed by atoms with van der Waals surface area (Å²) in [7, 11) is 0. The molecule has 2 heterocycles. The summed E-state index contributed by atoms with van der Waals surface area (Å²) in [4.78, 5) is 15.0. The molecule has 0 radical (unpaired) electrons. The van der Waals surface area contributed by atoms with Crippen LogP contribution in [0.2, 0.25) is 0 Å². The number of rotatable bonds is 2. The predicted octanol–water partition coefficient (Wildman–Crippen LogP) is 3.40. The monoisotopic (exact) mass is 405 g/mol. The van der Waals surface area contributed by atoms with Gasteiger partial charge in [0, 0.05) is 6.54 Å². The van der Waals surface area contributed by atoms with Crippen LogP contribution in [0.25, 0.3) is 11.0 Å². The Bertz CT molecular complexity index is 1150. The number of amidine groups is 1. The highest BCUT2D eigenvalue weighted by Gasteiger charge is 2.32. The third-order valence-electron chi connectivity index (χ3n) is 4.19. The van der Waals surface area contributed by atoms with E-state index in [0.29, 0.717) is 27.8 Å². The van der Waals surface area contributed by atoms with Gasteiger partial charge < -0.3 is 10.3 Å². The number of para-hydroxylation sites is 2. The maximum absolute atomic E-state index is 13.1. The second-order valence-corrected chi connectivity index (χ2v) is 6.97. The average Bonchev–Trinajstić information content (AvgIpc) is 3.02. The Morgan fingerprint density at radius 2 is 1.86 bits per heavy atom. The zero-order valence-electron chi connectivity index (χ0n) is 14.3. The fraction of sp³-hybridized carbons (Fsp3) is 0.167. The average molecular weight is 405 g/mol. The van der Waals surface area contributed by atoms with Crippen LogP contribution in [0.15, 0.2) is 63.5 Å². The van der Waals surface area contributed by atoms with Crippen molar-refractivity contribution in [3.05, 3.63) is 70.1 Å². The molecular formula is C18H14F3N5OS. The molecule has 2 aromatic carbocycles. The number of imidazole rings is 1. The van der Waals surface area contributed by atoms with Crippen molar-refractivity contribution in [1.82, 2.24) is 14.9 Å². The van der Waals surface area contributed by atoms with E-state index in [9.17, 15) is 18.0 Å². The van der Waals surface area contributed by atoms with Gasteiger partial charge in [-0.2, -0.15) is 13.2 Å². The number of alkyl halides is 3. The molecule has 0 bridgehead atoms. The molecule has 1 aliphatic rings. The highest BCUT2D eigenvalue weighted by atomic mass is 32.2. The van der Waals surface area contributed by atoms with Gasteiger partial charge in [0.2, 0.25) is 0 Å². The number of fused-ring (bicyclic) bond motifs is 1. The molecule has 2 N–H and O–H groups in total. The number of thioether (sulfide) groups is 1. The first kappa shape index (κ1) is 18.4. The van der Waals surface area contributed by atoms with Crippen LogP contribution in [0.5, 0.6) is 0 Å². The van der Waals surface area contributed by atoms with Crippen molar-refractivity contribution >= 4 is 33.8 Å². The molecule has 0 amide bonds. The summed E-state index contributed by atoms with van der Waals surface area (Å²) in [5, 5.41) is 11.4. The van der Waals surface area contributed by atoms with E-state index in [1.54, 1.807) is 18.2 Å². The van der Waals surface area contributed by atoms with Gasteiger partial charge in [-0.05, 0) is 23.8 Å². The van der Waals surface area contributed by atoms with Gasteiger partial charge >= 0.3 is 11.9 Å². The quantitative estimate of drug-likeness (QED) is 0.686. The Hall–Kier alpha value is -3.01. The van der Waals surface area contributed by atoms with Crippen molar-refractivity contribution in [2.45, 2.75) is 12.7 Å². The number of hydrogen-bond acceptors (Lipinski definition) is 5. The molecule has 1 aliphatic heterocycles. The first-order valence-electron chi connectivity index (χ1n) is 8.30. The second kappa shape index (κ2) is 7.19. The van der Waals surface area contributed by atoms with E-state index in [0.717, 1.165) is 6.07 Å². The van der Waals surface area contributed by atoms with E-state index in [1.807, 2.05) is 12.1 Å². The molecule has 0 fully saturated rings. The summed E-state index contributed by atoms with van der Waals surface area (Å²) >= 11 is 1.27. The lowest BCUT2D eigenvalue weighted by atomic mass is 10.1. The van der Waals surface area contributed by atoms with Crippen molar-refractivity contribution in [3.8, 4) is 0 Å². The van der Waals surface area contributed by atoms with Crippen molar-refractivity contribution in [3.63, 3.8) is 0 Å². The van der Waals surface area contributed by atoms with Gasteiger partial charge in [-0.3, -0.25) is 0 Å². The van der Waals surface area contributed by atoms with Crippen LogP contribution in [0.3, 0.4) is 0 Å². The molecule has 28 heavy (non-hydrogen) atoms. The standard InChI is InChI=1S/C18H14F3N5OS/c19-18(20,21)12-6-2-1-5-11(12)9-22-16-25-24-15(10-28-16)26-14-8-4-3-7-13(14)23-17(26)27/h1-8H,9-10H2,(H,22,25)(H,23,27). The normalized spacial score (nSPS) is 14.7. The molecule has 144 valence electrons. The smallest absolute Gasteiger partial charge is 0.359 e. The Morgan fingerprint density at radius 1 is 1.11 bits per heavy atom. The van der Waals surface area contributed by atoms with Crippen LogP contribution in [-0.2, 0) is 12.7 Å². The number of benzene rings is 2. The second-order valence-electron chi connectivity index (χ2n) is 6.00. The Balaban J connectivity index is 1.54.